The van der Waals surface area contributed by atoms with Gasteiger partial charge in [0.2, 0.25) is 0 Å². The minimum Gasteiger partial charge on any atom is -0.744 e. The summed E-state index contributed by atoms with van der Waals surface area (Å²) in [5, 5.41) is 8.77. The fraction of sp³-hybridized carbons (Fsp3) is 0.0625. The first kappa shape index (κ1) is 19.5. The normalized spacial score (nSPS) is 11.6. The number of aryl methyl sites for hydroxylation is 1. The van der Waals surface area contributed by atoms with E-state index < -0.39 is 10.1 Å². The number of benzene rings is 2. The van der Waals surface area contributed by atoms with Crippen LogP contribution in [-0.2, 0) is 10.1 Å². The van der Waals surface area contributed by atoms with Crippen LogP contribution in [0.5, 0.6) is 0 Å². The van der Waals surface area contributed by atoms with Crippen LogP contribution in [0.3, 0.4) is 0 Å². The smallest absolute Gasteiger partial charge is 0.744 e. The molecule has 2 N–H and O–H groups in total. The van der Waals surface area contributed by atoms with Crippen LogP contribution in [0, 0.1) is 6.92 Å². The minimum atomic E-state index is -4.68. The second-order valence-electron chi connectivity index (χ2n) is 5.17. The van der Waals surface area contributed by atoms with E-state index in [0.29, 0.717) is 11.1 Å². The summed E-state index contributed by atoms with van der Waals surface area (Å²) in [5.41, 5.74) is 7.81. The predicted molar refractivity (Wildman–Crippen MR) is 89.5 cm³/mol. The van der Waals surface area contributed by atoms with Gasteiger partial charge < -0.3 is 10.3 Å². The van der Waals surface area contributed by atoms with Crippen molar-refractivity contribution in [1.82, 2.24) is 4.98 Å². The molecule has 0 aliphatic carbocycles. The van der Waals surface area contributed by atoms with E-state index in [2.05, 4.69) is 15.2 Å². The Morgan fingerprint density at radius 2 is 1.72 bits per heavy atom. The topological polar surface area (TPSA) is 121 Å². The van der Waals surface area contributed by atoms with E-state index in [1.54, 1.807) is 30.5 Å². The van der Waals surface area contributed by atoms with E-state index in [-0.39, 0.29) is 51.2 Å². The molecule has 0 unspecified atom stereocenters. The predicted octanol–water partition coefficient (Wildman–Crippen LogP) is 0.449. The first-order valence-electron chi connectivity index (χ1n) is 6.97. The number of nitrogens with two attached hydrogens (primary N) is 1. The number of nitrogen functional groups attached to an aromatic ring is 1. The summed E-state index contributed by atoms with van der Waals surface area (Å²) in [4.78, 5) is 3.58. The summed E-state index contributed by atoms with van der Waals surface area (Å²) >= 11 is 0. The Hall–Kier alpha value is -1.84. The molecular formula is C16H13N4NaO3S. The zero-order valence-corrected chi connectivity index (χ0v) is 16.5. The number of nitrogens with zero attached hydrogens (tertiary/aromatic N) is 3. The van der Waals surface area contributed by atoms with Gasteiger partial charge in [-0.05, 0) is 24.6 Å². The van der Waals surface area contributed by atoms with Crippen LogP contribution in [0.15, 0.2) is 63.9 Å². The molecule has 0 fully saturated rings. The molecule has 3 aromatic rings. The Kier molecular flexibility index (Phi) is 5.91. The van der Waals surface area contributed by atoms with E-state index in [1.807, 2.05) is 6.92 Å². The van der Waals surface area contributed by atoms with Crippen LogP contribution >= 0.6 is 0 Å². The van der Waals surface area contributed by atoms with Gasteiger partial charge in [0.1, 0.15) is 21.5 Å². The number of fused-ring (bicyclic) bond motifs is 1. The second kappa shape index (κ2) is 7.59. The third-order valence-electron chi connectivity index (χ3n) is 3.57. The Morgan fingerprint density at radius 3 is 2.36 bits per heavy atom. The first-order valence-corrected chi connectivity index (χ1v) is 8.38. The molecule has 0 aliphatic heterocycles. The molecule has 0 amide bonds. The molecule has 9 heteroatoms. The summed E-state index contributed by atoms with van der Waals surface area (Å²) in [6.07, 6.45) is 3.15. The Balaban J connectivity index is 0.00000225. The number of aromatic nitrogens is 1. The molecular weight excluding hydrogens is 351 g/mol. The largest absolute Gasteiger partial charge is 1.00 e. The zero-order chi connectivity index (χ0) is 17.3. The van der Waals surface area contributed by atoms with Crippen LogP contribution in [0.25, 0.3) is 10.8 Å². The fourth-order valence-corrected chi connectivity index (χ4v) is 3.01. The summed E-state index contributed by atoms with van der Waals surface area (Å²) in [6, 6.07) is 9.42. The van der Waals surface area contributed by atoms with Gasteiger partial charge in [-0.1, -0.05) is 24.3 Å². The fourth-order valence-electron chi connectivity index (χ4n) is 2.31. The molecule has 7 nitrogen and oxygen atoms in total. The van der Waals surface area contributed by atoms with E-state index in [0.717, 1.165) is 11.6 Å². The monoisotopic (exact) mass is 364 g/mol. The van der Waals surface area contributed by atoms with Gasteiger partial charge in [0, 0.05) is 17.0 Å². The summed E-state index contributed by atoms with van der Waals surface area (Å²) in [5.74, 6) is 0. The van der Waals surface area contributed by atoms with Crippen molar-refractivity contribution in [2.45, 2.75) is 11.8 Å². The van der Waals surface area contributed by atoms with Crippen LogP contribution in [0.4, 0.5) is 17.1 Å². The first-order chi connectivity index (χ1) is 11.4. The SMILES string of the molecule is Cc1ccncc1N=Nc1cc(S(=O)(=O)[O-])c2ccccc2c1N.[Na+]. The van der Waals surface area contributed by atoms with Crippen molar-refractivity contribution in [2.75, 3.05) is 5.73 Å². The van der Waals surface area contributed by atoms with Gasteiger partial charge in [-0.25, -0.2) is 8.42 Å². The molecule has 0 spiro atoms. The quantitative estimate of drug-likeness (QED) is 0.313. The maximum Gasteiger partial charge on any atom is 1.00 e. The zero-order valence-electron chi connectivity index (χ0n) is 13.7. The Morgan fingerprint density at radius 1 is 1.08 bits per heavy atom. The molecule has 2 aromatic carbocycles. The van der Waals surface area contributed by atoms with E-state index in [4.69, 9.17) is 5.73 Å². The molecule has 0 bridgehead atoms. The third kappa shape index (κ3) is 4.05. The number of anilines is 1. The minimum absolute atomic E-state index is 0. The molecule has 0 saturated carbocycles. The third-order valence-corrected chi connectivity index (χ3v) is 4.45. The molecule has 122 valence electrons. The Bertz CT molecular complexity index is 1070. The van der Waals surface area contributed by atoms with Gasteiger partial charge in [0.25, 0.3) is 0 Å². The average molecular weight is 364 g/mol. The number of hydrogen-bond donors (Lipinski definition) is 1. The van der Waals surface area contributed by atoms with Crippen LogP contribution < -0.4 is 35.3 Å². The van der Waals surface area contributed by atoms with E-state index >= 15 is 0 Å². The van der Waals surface area contributed by atoms with Gasteiger partial charge in [0.05, 0.1) is 16.8 Å². The molecule has 25 heavy (non-hydrogen) atoms. The van der Waals surface area contributed by atoms with Gasteiger partial charge in [-0.15, -0.1) is 10.2 Å². The molecule has 0 radical (unpaired) electrons. The summed E-state index contributed by atoms with van der Waals surface area (Å²) in [6.45, 7) is 1.84. The molecule has 1 aromatic heterocycles. The van der Waals surface area contributed by atoms with Crippen LogP contribution in [-0.4, -0.2) is 18.0 Å². The van der Waals surface area contributed by atoms with Crippen molar-refractivity contribution in [3.63, 3.8) is 0 Å². The van der Waals surface area contributed by atoms with Crippen molar-refractivity contribution in [3.8, 4) is 0 Å². The van der Waals surface area contributed by atoms with Gasteiger partial charge >= 0.3 is 29.6 Å². The van der Waals surface area contributed by atoms with Crippen molar-refractivity contribution >= 4 is 38.0 Å². The molecule has 0 atom stereocenters. The maximum absolute atomic E-state index is 11.6. The van der Waals surface area contributed by atoms with Crippen molar-refractivity contribution in [1.29, 1.82) is 0 Å². The van der Waals surface area contributed by atoms with Crippen LogP contribution in [0.2, 0.25) is 0 Å². The summed E-state index contributed by atoms with van der Waals surface area (Å²) in [7, 11) is -4.68. The number of hydrogen-bond acceptors (Lipinski definition) is 7. The van der Waals surface area contributed by atoms with E-state index in [1.165, 1.54) is 12.3 Å². The number of pyridine rings is 1. The van der Waals surface area contributed by atoms with Crippen molar-refractivity contribution < 1.29 is 42.5 Å². The Labute approximate surface area is 167 Å². The second-order valence-corrected chi connectivity index (χ2v) is 6.52. The number of azo groups is 1. The molecule has 3 rings (SSSR count). The molecule has 0 saturated heterocycles. The average Bonchev–Trinajstić information content (AvgIpc) is 2.54. The van der Waals surface area contributed by atoms with E-state index in [9.17, 15) is 13.0 Å². The maximum atomic E-state index is 11.6. The molecule has 1 heterocycles. The van der Waals surface area contributed by atoms with Crippen molar-refractivity contribution in [2.24, 2.45) is 10.2 Å². The van der Waals surface area contributed by atoms with Gasteiger partial charge in [0.15, 0.2) is 0 Å². The standard InChI is InChI=1S/C16H14N4O3S.Na/c1-10-6-7-18-9-14(10)20-19-13-8-15(24(21,22)23)11-4-2-3-5-12(11)16(13)17;/h2-9H,17H2,1H3,(H,21,22,23);/q;+1/p-1. The summed E-state index contributed by atoms with van der Waals surface area (Å²) < 4.78 is 34.7. The van der Waals surface area contributed by atoms with Crippen LogP contribution in [0.1, 0.15) is 5.56 Å². The van der Waals surface area contributed by atoms with Gasteiger partial charge in [-0.3, -0.25) is 4.98 Å². The van der Waals surface area contributed by atoms with Crippen molar-refractivity contribution in [3.05, 3.63) is 54.4 Å². The molecule has 0 aliphatic rings. The van der Waals surface area contributed by atoms with Gasteiger partial charge in [-0.2, -0.15) is 0 Å². The number of rotatable bonds is 3.